The second-order valence-corrected chi connectivity index (χ2v) is 1.78. The predicted octanol–water partition coefficient (Wildman–Crippen LogP) is 0.497. The van der Waals surface area contributed by atoms with Crippen LogP contribution in [0.5, 0.6) is 0 Å². The Labute approximate surface area is 40.0 Å². The van der Waals surface area contributed by atoms with E-state index in [1.165, 1.54) is 6.26 Å². The predicted molar refractivity (Wildman–Crippen MR) is 23.8 cm³/mol. The van der Waals surface area contributed by atoms with E-state index < -0.39 is 5.44 Å². The Morgan fingerprint density at radius 1 is 1.83 bits per heavy atom. The first-order chi connectivity index (χ1) is 2.89. The number of aliphatic hydroxyl groups excluding tert-OH is 1. The minimum atomic E-state index is -0.440. The zero-order valence-electron chi connectivity index (χ0n) is 3.00. The lowest BCUT2D eigenvalue weighted by Gasteiger charge is -1.87. The van der Waals surface area contributed by atoms with E-state index >= 15 is 0 Å². The minimum Gasteiger partial charge on any atom is -0.431 e. The molecule has 1 rings (SSSR count). The Morgan fingerprint density at radius 3 is 2.83 bits per heavy atom. The molecule has 6 heavy (non-hydrogen) atoms. The third-order valence-electron chi connectivity index (χ3n) is 0.453. The average Bonchev–Trinajstić information content (AvgIpc) is 1.86. The van der Waals surface area contributed by atoms with Crippen molar-refractivity contribution in [2.45, 2.75) is 5.44 Å². The average molecular weight is 104 g/mol. The van der Waals surface area contributed by atoms with Crippen LogP contribution in [0.3, 0.4) is 0 Å². The van der Waals surface area contributed by atoms with Gasteiger partial charge in [-0.25, -0.2) is 0 Å². The molecular formula is C3H4O2S. The molecular weight excluding hydrogens is 100 g/mol. The highest BCUT2D eigenvalue weighted by Crippen LogP contribution is 2.17. The van der Waals surface area contributed by atoms with Gasteiger partial charge < -0.3 is 9.29 Å². The van der Waals surface area contributed by atoms with Crippen molar-refractivity contribution < 1.29 is 9.29 Å². The van der Waals surface area contributed by atoms with Gasteiger partial charge in [-0.3, -0.25) is 0 Å². The van der Waals surface area contributed by atoms with Gasteiger partial charge >= 0.3 is 0 Å². The van der Waals surface area contributed by atoms with E-state index in [-0.39, 0.29) is 0 Å². The van der Waals surface area contributed by atoms with E-state index in [0.29, 0.717) is 0 Å². The molecule has 0 amide bonds. The third-order valence-corrected chi connectivity index (χ3v) is 1.03. The lowest BCUT2D eigenvalue weighted by atomic mass is 10.7. The lowest BCUT2D eigenvalue weighted by molar-refractivity contribution is 0.309. The largest absolute Gasteiger partial charge is 0.431 e. The summed E-state index contributed by atoms with van der Waals surface area (Å²) in [6, 6.07) is 0. The Hall–Kier alpha value is -0.150. The Morgan fingerprint density at radius 2 is 2.67 bits per heavy atom. The van der Waals surface area contributed by atoms with E-state index in [1.807, 2.05) is 0 Å². The molecule has 0 spiro atoms. The fraction of sp³-hybridized carbons (Fsp3) is 0.333. The van der Waals surface area contributed by atoms with Crippen molar-refractivity contribution in [1.29, 1.82) is 0 Å². The van der Waals surface area contributed by atoms with Crippen LogP contribution in [-0.4, -0.2) is 10.5 Å². The molecule has 0 aromatic carbocycles. The number of aliphatic hydroxyl groups is 1. The molecule has 34 valence electrons. The van der Waals surface area contributed by atoms with E-state index in [4.69, 9.17) is 5.11 Å². The zero-order chi connectivity index (χ0) is 4.41. The van der Waals surface area contributed by atoms with Crippen molar-refractivity contribution in [3.8, 4) is 0 Å². The molecule has 1 heterocycles. The molecule has 1 unspecified atom stereocenters. The number of hydrogen-bond donors (Lipinski definition) is 1. The van der Waals surface area contributed by atoms with Gasteiger partial charge in [0.25, 0.3) is 0 Å². The van der Waals surface area contributed by atoms with Gasteiger partial charge in [0.05, 0.1) is 12.0 Å². The fourth-order valence-electron chi connectivity index (χ4n) is 0.220. The molecule has 0 saturated carbocycles. The van der Waals surface area contributed by atoms with Crippen molar-refractivity contribution >= 4 is 12.0 Å². The molecule has 0 saturated heterocycles. The van der Waals surface area contributed by atoms with Crippen LogP contribution < -0.4 is 0 Å². The maximum absolute atomic E-state index is 8.48. The third kappa shape index (κ3) is 0.666. The minimum absolute atomic E-state index is 0.440. The summed E-state index contributed by atoms with van der Waals surface area (Å²) in [5, 5.41) is 8.48. The summed E-state index contributed by atoms with van der Waals surface area (Å²) in [4.78, 5) is 0. The number of hydrogen-bond acceptors (Lipinski definition) is 3. The summed E-state index contributed by atoms with van der Waals surface area (Å²) in [6.07, 6.45) is 3.04. The monoisotopic (exact) mass is 104 g/mol. The van der Waals surface area contributed by atoms with Crippen LogP contribution in [0.2, 0.25) is 0 Å². The van der Waals surface area contributed by atoms with Crippen LogP contribution >= 0.6 is 12.0 Å². The van der Waals surface area contributed by atoms with Crippen LogP contribution in [0.1, 0.15) is 0 Å². The molecule has 1 aliphatic rings. The van der Waals surface area contributed by atoms with Crippen LogP contribution in [0.25, 0.3) is 0 Å². The summed E-state index contributed by atoms with van der Waals surface area (Å²) >= 11 is 1.04. The Bertz CT molecular complexity index is 71.2. The second kappa shape index (κ2) is 1.53. The maximum Gasteiger partial charge on any atom is 0.158 e. The van der Waals surface area contributed by atoms with Crippen LogP contribution in [0.15, 0.2) is 12.3 Å². The normalized spacial score (nSPS) is 30.5. The van der Waals surface area contributed by atoms with Gasteiger partial charge in [-0.15, -0.1) is 0 Å². The van der Waals surface area contributed by atoms with Crippen molar-refractivity contribution in [2.75, 3.05) is 0 Å². The van der Waals surface area contributed by atoms with Crippen molar-refractivity contribution in [3.05, 3.63) is 12.3 Å². The highest BCUT2D eigenvalue weighted by molar-refractivity contribution is 7.95. The van der Waals surface area contributed by atoms with Crippen LogP contribution in [-0.2, 0) is 4.18 Å². The quantitative estimate of drug-likeness (QED) is 0.454. The second-order valence-electron chi connectivity index (χ2n) is 0.912. The van der Waals surface area contributed by atoms with Gasteiger partial charge in [-0.05, 0) is 6.08 Å². The first kappa shape index (κ1) is 4.02. The molecule has 0 aromatic heterocycles. The molecule has 0 fully saturated rings. The van der Waals surface area contributed by atoms with Crippen LogP contribution in [0.4, 0.5) is 0 Å². The summed E-state index contributed by atoms with van der Waals surface area (Å²) in [7, 11) is 0. The topological polar surface area (TPSA) is 29.5 Å². The van der Waals surface area contributed by atoms with Gasteiger partial charge in [0.2, 0.25) is 0 Å². The Kier molecular flexibility index (Phi) is 1.03. The lowest BCUT2D eigenvalue weighted by Crippen LogP contribution is -1.86. The molecule has 1 aliphatic heterocycles. The standard InChI is InChI=1S/C3H4O2S/c4-3-1-2-5-6-3/h1-4H. The van der Waals surface area contributed by atoms with E-state index in [2.05, 4.69) is 4.18 Å². The van der Waals surface area contributed by atoms with E-state index in [9.17, 15) is 0 Å². The van der Waals surface area contributed by atoms with Gasteiger partial charge in [0.15, 0.2) is 5.44 Å². The van der Waals surface area contributed by atoms with Crippen molar-refractivity contribution in [1.82, 2.24) is 0 Å². The first-order valence-electron chi connectivity index (χ1n) is 1.56. The van der Waals surface area contributed by atoms with E-state index in [1.54, 1.807) is 6.08 Å². The zero-order valence-corrected chi connectivity index (χ0v) is 3.81. The summed E-state index contributed by atoms with van der Waals surface area (Å²) in [6.45, 7) is 0. The molecule has 2 nitrogen and oxygen atoms in total. The maximum atomic E-state index is 8.48. The molecule has 0 aromatic rings. The van der Waals surface area contributed by atoms with Gasteiger partial charge in [-0.1, -0.05) is 0 Å². The highest BCUT2D eigenvalue weighted by Gasteiger charge is 2.04. The van der Waals surface area contributed by atoms with Crippen molar-refractivity contribution in [2.24, 2.45) is 0 Å². The summed E-state index contributed by atoms with van der Waals surface area (Å²) < 4.78 is 4.54. The first-order valence-corrected chi connectivity index (χ1v) is 2.37. The van der Waals surface area contributed by atoms with Gasteiger partial charge in [-0.2, -0.15) is 0 Å². The molecule has 0 bridgehead atoms. The SMILES string of the molecule is OC1C=COS1. The highest BCUT2D eigenvalue weighted by atomic mass is 32.2. The van der Waals surface area contributed by atoms with Crippen molar-refractivity contribution in [3.63, 3.8) is 0 Å². The van der Waals surface area contributed by atoms with Gasteiger partial charge in [0.1, 0.15) is 6.26 Å². The van der Waals surface area contributed by atoms with Crippen LogP contribution in [0, 0.1) is 0 Å². The van der Waals surface area contributed by atoms with E-state index in [0.717, 1.165) is 12.0 Å². The Balaban J connectivity index is 2.38. The number of rotatable bonds is 0. The smallest absolute Gasteiger partial charge is 0.158 e. The van der Waals surface area contributed by atoms with Gasteiger partial charge in [0, 0.05) is 0 Å². The molecule has 0 aliphatic carbocycles. The summed E-state index contributed by atoms with van der Waals surface area (Å²) in [5.74, 6) is 0. The fourth-order valence-corrected chi connectivity index (χ4v) is 0.591. The summed E-state index contributed by atoms with van der Waals surface area (Å²) in [5.41, 5.74) is -0.440. The molecule has 1 atom stereocenters. The molecule has 0 radical (unpaired) electrons. The molecule has 3 heteroatoms. The molecule has 1 N–H and O–H groups in total.